The Morgan fingerprint density at radius 2 is 1.83 bits per heavy atom. The fraction of sp³-hybridized carbons (Fsp3) is 0.750. The van der Waals surface area contributed by atoms with Crippen LogP contribution in [0.1, 0.15) is 13.3 Å². The number of rotatable bonds is 1. The monoisotopic (exact) mass is 309 g/mol. The molecular formula is C4H7I2. The van der Waals surface area contributed by atoms with Gasteiger partial charge in [0.1, 0.15) is 0 Å². The Morgan fingerprint density at radius 1 is 1.67 bits per heavy atom. The Morgan fingerprint density at radius 3 is 1.83 bits per heavy atom. The average Bonchev–Trinajstić information content (AvgIpc) is 1.35. The lowest BCUT2D eigenvalue weighted by molar-refractivity contribution is 0.981. The molecule has 0 saturated carbocycles. The van der Waals surface area contributed by atoms with E-state index in [1.165, 1.54) is 0 Å². The van der Waals surface area contributed by atoms with Crippen LogP contribution in [-0.4, -0.2) is 1.43 Å². The van der Waals surface area contributed by atoms with E-state index in [2.05, 4.69) is 59.0 Å². The van der Waals surface area contributed by atoms with Crippen molar-refractivity contribution in [3.63, 3.8) is 0 Å². The zero-order valence-electron chi connectivity index (χ0n) is 3.67. The van der Waals surface area contributed by atoms with E-state index in [4.69, 9.17) is 0 Å². The quantitative estimate of drug-likeness (QED) is 0.516. The predicted octanol–water partition coefficient (Wildman–Crippen LogP) is 2.80. The van der Waals surface area contributed by atoms with Crippen molar-refractivity contribution >= 4 is 45.2 Å². The first-order chi connectivity index (χ1) is 2.56. The minimum atomic E-state index is 0.232. The molecule has 0 aliphatic rings. The van der Waals surface area contributed by atoms with Crippen molar-refractivity contribution in [3.05, 3.63) is 6.92 Å². The summed E-state index contributed by atoms with van der Waals surface area (Å²) in [5, 5.41) is 0. The zero-order chi connectivity index (χ0) is 5.21. The van der Waals surface area contributed by atoms with Crippen LogP contribution in [0.25, 0.3) is 0 Å². The molecule has 1 radical (unpaired) electrons. The summed E-state index contributed by atoms with van der Waals surface area (Å²) in [7, 11) is 0. The van der Waals surface area contributed by atoms with Crippen LogP contribution >= 0.6 is 45.2 Å². The van der Waals surface area contributed by atoms with E-state index >= 15 is 0 Å². The lowest BCUT2D eigenvalue weighted by Crippen LogP contribution is -1.99. The minimum Gasteiger partial charge on any atom is -0.0672 e. The van der Waals surface area contributed by atoms with Crippen LogP contribution in [-0.2, 0) is 0 Å². The van der Waals surface area contributed by atoms with Gasteiger partial charge in [-0.3, -0.25) is 0 Å². The van der Waals surface area contributed by atoms with Gasteiger partial charge in [-0.15, -0.1) is 0 Å². The number of hydrogen-bond donors (Lipinski definition) is 0. The molecule has 0 nitrogen and oxygen atoms in total. The third kappa shape index (κ3) is 5.46. The highest BCUT2D eigenvalue weighted by molar-refractivity contribution is 14.2. The fourth-order valence-electron chi connectivity index (χ4n) is 0. The van der Waals surface area contributed by atoms with Gasteiger partial charge in [0, 0.05) is 0 Å². The van der Waals surface area contributed by atoms with Crippen molar-refractivity contribution in [3.8, 4) is 0 Å². The van der Waals surface area contributed by atoms with E-state index in [0.717, 1.165) is 6.42 Å². The lowest BCUT2D eigenvalue weighted by atomic mass is 10.4. The molecule has 0 heterocycles. The van der Waals surface area contributed by atoms with Crippen LogP contribution in [0.15, 0.2) is 0 Å². The molecule has 0 aromatic rings. The first-order valence-corrected chi connectivity index (χ1v) is 3.95. The van der Waals surface area contributed by atoms with Crippen LogP contribution in [0.2, 0.25) is 0 Å². The summed E-state index contributed by atoms with van der Waals surface area (Å²) in [5.41, 5.74) is 0. The second-order valence-electron chi connectivity index (χ2n) is 1.21. The molecule has 0 aromatic carbocycles. The second kappa shape index (κ2) is 2.69. The van der Waals surface area contributed by atoms with Gasteiger partial charge in [0.2, 0.25) is 0 Å². The zero-order valence-corrected chi connectivity index (χ0v) is 7.99. The Hall–Kier alpha value is 1.46. The van der Waals surface area contributed by atoms with E-state index in [0.29, 0.717) is 0 Å². The summed E-state index contributed by atoms with van der Waals surface area (Å²) in [5.74, 6) is 0. The third-order valence-electron chi connectivity index (χ3n) is 0.517. The second-order valence-corrected chi connectivity index (χ2v) is 7.40. The van der Waals surface area contributed by atoms with Gasteiger partial charge in [-0.25, -0.2) is 0 Å². The largest absolute Gasteiger partial charge is 0.0732 e. The summed E-state index contributed by atoms with van der Waals surface area (Å²) in [6.07, 6.45) is 1.13. The van der Waals surface area contributed by atoms with E-state index in [-0.39, 0.29) is 1.43 Å². The van der Waals surface area contributed by atoms with E-state index in [1.807, 2.05) is 0 Å². The molecule has 0 N–H and O–H groups in total. The molecule has 37 valence electrons. The van der Waals surface area contributed by atoms with E-state index in [1.54, 1.807) is 0 Å². The number of halogens is 2. The highest BCUT2D eigenvalue weighted by atomic mass is 127. The van der Waals surface area contributed by atoms with Gasteiger partial charge in [0.15, 0.2) is 0 Å². The van der Waals surface area contributed by atoms with Gasteiger partial charge in [-0.05, 0) is 13.3 Å². The SMILES string of the molecule is [CH2]C(I)(I)CC. The van der Waals surface area contributed by atoms with Gasteiger partial charge in [0.25, 0.3) is 0 Å². The van der Waals surface area contributed by atoms with Crippen LogP contribution in [0, 0.1) is 6.92 Å². The molecule has 0 atom stereocenters. The highest BCUT2D eigenvalue weighted by Gasteiger charge is 2.09. The van der Waals surface area contributed by atoms with Crippen molar-refractivity contribution < 1.29 is 0 Å². The van der Waals surface area contributed by atoms with Crippen LogP contribution < -0.4 is 0 Å². The van der Waals surface area contributed by atoms with Gasteiger partial charge < -0.3 is 0 Å². The normalized spacial score (nSPS) is 12.0. The molecule has 0 amide bonds. The molecule has 0 fully saturated rings. The Kier molecular flexibility index (Phi) is 3.35. The van der Waals surface area contributed by atoms with Crippen molar-refractivity contribution in [1.29, 1.82) is 0 Å². The number of alkyl halides is 2. The predicted molar refractivity (Wildman–Crippen MR) is 46.4 cm³/mol. The smallest absolute Gasteiger partial charge is 0.0672 e. The topological polar surface area (TPSA) is 0 Å². The maximum absolute atomic E-state index is 3.86. The van der Waals surface area contributed by atoms with Crippen LogP contribution in [0.5, 0.6) is 0 Å². The maximum atomic E-state index is 3.86. The number of hydrogen-bond acceptors (Lipinski definition) is 0. The molecule has 2 heteroatoms. The molecule has 0 aromatic heterocycles. The average molecular weight is 309 g/mol. The summed E-state index contributed by atoms with van der Waals surface area (Å²) >= 11 is 4.63. The molecule has 0 bridgehead atoms. The third-order valence-corrected chi connectivity index (χ3v) is 2.04. The van der Waals surface area contributed by atoms with Crippen LogP contribution in [0.3, 0.4) is 0 Å². The summed E-state index contributed by atoms with van der Waals surface area (Å²) in [4.78, 5) is 0. The molecule has 0 spiro atoms. The first kappa shape index (κ1) is 7.46. The molecule has 0 aliphatic carbocycles. The maximum Gasteiger partial charge on any atom is 0.0732 e. The highest BCUT2D eigenvalue weighted by Crippen LogP contribution is 2.28. The molecule has 6 heavy (non-hydrogen) atoms. The van der Waals surface area contributed by atoms with E-state index < -0.39 is 0 Å². The minimum absolute atomic E-state index is 0.232. The van der Waals surface area contributed by atoms with Gasteiger partial charge >= 0.3 is 0 Å². The molecular weight excluding hydrogens is 302 g/mol. The summed E-state index contributed by atoms with van der Waals surface area (Å²) < 4.78 is 0.232. The van der Waals surface area contributed by atoms with Gasteiger partial charge in [-0.2, -0.15) is 0 Å². The Bertz CT molecular complexity index is 35.3. The molecule has 0 unspecified atom stereocenters. The van der Waals surface area contributed by atoms with Crippen molar-refractivity contribution in [2.75, 3.05) is 0 Å². The Labute approximate surface area is 66.4 Å². The van der Waals surface area contributed by atoms with Gasteiger partial charge in [-0.1, -0.05) is 52.1 Å². The Balaban J connectivity index is 3.17. The van der Waals surface area contributed by atoms with E-state index in [9.17, 15) is 0 Å². The van der Waals surface area contributed by atoms with Gasteiger partial charge in [0.05, 0.1) is 1.43 Å². The van der Waals surface area contributed by atoms with Crippen molar-refractivity contribution in [1.82, 2.24) is 0 Å². The molecule has 0 rings (SSSR count). The summed E-state index contributed by atoms with van der Waals surface area (Å²) in [6, 6.07) is 0. The summed E-state index contributed by atoms with van der Waals surface area (Å²) in [6.45, 7) is 5.99. The lowest BCUT2D eigenvalue weighted by Gasteiger charge is -2.07. The van der Waals surface area contributed by atoms with Crippen molar-refractivity contribution in [2.45, 2.75) is 14.8 Å². The molecule has 0 aliphatic heterocycles. The van der Waals surface area contributed by atoms with Crippen molar-refractivity contribution in [2.24, 2.45) is 0 Å². The standard InChI is InChI=1S/C4H7I2/c1-3-4(2,5)6/h2-3H2,1H3. The molecule has 0 saturated heterocycles. The van der Waals surface area contributed by atoms with Crippen LogP contribution in [0.4, 0.5) is 0 Å². The fourth-order valence-corrected chi connectivity index (χ4v) is 0. The first-order valence-electron chi connectivity index (χ1n) is 1.79.